The first kappa shape index (κ1) is 12.9. The number of anilines is 1. The van der Waals surface area contributed by atoms with Gasteiger partial charge in [-0.15, -0.1) is 0 Å². The zero-order chi connectivity index (χ0) is 12.8. The minimum atomic E-state index is -1.34. The molecule has 0 heterocycles. The highest BCUT2D eigenvalue weighted by Gasteiger charge is 2.19. The summed E-state index contributed by atoms with van der Waals surface area (Å²) in [5, 5.41) is 30.9. The standard InChI is InChI=1S/C10H12N2O5/c13-5-1-4-11-7-2-3-9(12(16)17)8(6-7)10(14)15/h2-3,6,11,13H,1,4-5H2,(H,14,15). The molecular weight excluding hydrogens is 228 g/mol. The van der Waals surface area contributed by atoms with E-state index in [0.29, 0.717) is 18.7 Å². The Kier molecular flexibility index (Phi) is 4.41. The molecule has 0 radical (unpaired) electrons. The number of hydrogen-bond donors (Lipinski definition) is 3. The van der Waals surface area contributed by atoms with Crippen molar-refractivity contribution in [1.82, 2.24) is 0 Å². The van der Waals surface area contributed by atoms with Crippen LogP contribution in [0.2, 0.25) is 0 Å². The van der Waals surface area contributed by atoms with Crippen LogP contribution in [0.4, 0.5) is 11.4 Å². The lowest BCUT2D eigenvalue weighted by Crippen LogP contribution is -2.07. The molecule has 0 saturated heterocycles. The van der Waals surface area contributed by atoms with Crippen molar-refractivity contribution in [1.29, 1.82) is 0 Å². The van der Waals surface area contributed by atoms with E-state index in [1.807, 2.05) is 0 Å². The summed E-state index contributed by atoms with van der Waals surface area (Å²) >= 11 is 0. The van der Waals surface area contributed by atoms with Crippen LogP contribution in [-0.2, 0) is 0 Å². The number of nitro benzene ring substituents is 1. The van der Waals surface area contributed by atoms with Crippen molar-refractivity contribution in [2.75, 3.05) is 18.5 Å². The van der Waals surface area contributed by atoms with Gasteiger partial charge < -0.3 is 15.5 Å². The first-order valence-corrected chi connectivity index (χ1v) is 4.92. The Morgan fingerprint density at radius 2 is 2.18 bits per heavy atom. The van der Waals surface area contributed by atoms with Crippen LogP contribution in [0.25, 0.3) is 0 Å². The van der Waals surface area contributed by atoms with Crippen LogP contribution >= 0.6 is 0 Å². The first-order valence-electron chi connectivity index (χ1n) is 4.92. The maximum atomic E-state index is 10.8. The van der Waals surface area contributed by atoms with Gasteiger partial charge in [-0.3, -0.25) is 10.1 Å². The van der Waals surface area contributed by atoms with E-state index in [2.05, 4.69) is 5.32 Å². The van der Waals surface area contributed by atoms with Gasteiger partial charge in [-0.25, -0.2) is 4.79 Å². The Morgan fingerprint density at radius 1 is 1.47 bits per heavy atom. The fourth-order valence-electron chi connectivity index (χ4n) is 1.29. The molecule has 0 aliphatic carbocycles. The Labute approximate surface area is 96.8 Å². The molecule has 0 atom stereocenters. The van der Waals surface area contributed by atoms with E-state index in [4.69, 9.17) is 10.2 Å². The number of carboxylic acid groups (broad SMARTS) is 1. The Balaban J connectivity index is 2.94. The van der Waals surface area contributed by atoms with E-state index >= 15 is 0 Å². The Morgan fingerprint density at radius 3 is 2.71 bits per heavy atom. The van der Waals surface area contributed by atoms with Crippen molar-refractivity contribution in [3.05, 3.63) is 33.9 Å². The number of aliphatic hydroxyl groups is 1. The highest BCUT2D eigenvalue weighted by Crippen LogP contribution is 2.22. The third-order valence-corrected chi connectivity index (χ3v) is 2.09. The van der Waals surface area contributed by atoms with Gasteiger partial charge >= 0.3 is 5.97 Å². The lowest BCUT2D eigenvalue weighted by atomic mass is 10.1. The lowest BCUT2D eigenvalue weighted by molar-refractivity contribution is -0.385. The van der Waals surface area contributed by atoms with Gasteiger partial charge in [0.1, 0.15) is 5.56 Å². The summed E-state index contributed by atoms with van der Waals surface area (Å²) < 4.78 is 0. The number of carboxylic acids is 1. The number of aromatic carboxylic acids is 1. The Hall–Kier alpha value is -2.15. The quantitative estimate of drug-likeness (QED) is 0.389. The van der Waals surface area contributed by atoms with Gasteiger partial charge in [-0.05, 0) is 18.6 Å². The van der Waals surface area contributed by atoms with E-state index in [1.165, 1.54) is 12.1 Å². The lowest BCUT2D eigenvalue weighted by Gasteiger charge is -2.06. The van der Waals surface area contributed by atoms with Gasteiger partial charge in [0.2, 0.25) is 0 Å². The summed E-state index contributed by atoms with van der Waals surface area (Å²) in [5.74, 6) is -1.34. The SMILES string of the molecule is O=C(O)c1cc(NCCCO)ccc1[N+](=O)[O-]. The summed E-state index contributed by atoms with van der Waals surface area (Å²) in [6.45, 7) is 0.485. The summed E-state index contributed by atoms with van der Waals surface area (Å²) in [7, 11) is 0. The van der Waals surface area contributed by atoms with Crippen LogP contribution in [0, 0.1) is 10.1 Å². The number of aliphatic hydroxyl groups excluding tert-OH is 1. The molecule has 0 spiro atoms. The summed E-state index contributed by atoms with van der Waals surface area (Å²) in [6, 6.07) is 3.78. The van der Waals surface area contributed by atoms with Crippen LogP contribution < -0.4 is 5.32 Å². The number of nitro groups is 1. The zero-order valence-corrected chi connectivity index (χ0v) is 8.92. The molecule has 7 nitrogen and oxygen atoms in total. The smallest absolute Gasteiger partial charge is 0.342 e. The molecule has 0 amide bonds. The average molecular weight is 240 g/mol. The Bertz CT molecular complexity index is 433. The second-order valence-electron chi connectivity index (χ2n) is 3.30. The largest absolute Gasteiger partial charge is 0.477 e. The normalized spacial score (nSPS) is 9.94. The summed E-state index contributed by atoms with van der Waals surface area (Å²) in [6.07, 6.45) is 0.513. The molecule has 92 valence electrons. The predicted octanol–water partition coefficient (Wildman–Crippen LogP) is 1.09. The van der Waals surface area contributed by atoms with Crippen molar-refractivity contribution in [3.63, 3.8) is 0 Å². The molecule has 0 bridgehead atoms. The molecule has 1 rings (SSSR count). The number of nitrogens with one attached hydrogen (secondary N) is 1. The van der Waals surface area contributed by atoms with Gasteiger partial charge in [-0.1, -0.05) is 0 Å². The monoisotopic (exact) mass is 240 g/mol. The van der Waals surface area contributed by atoms with Gasteiger partial charge in [0.15, 0.2) is 0 Å². The fourth-order valence-corrected chi connectivity index (χ4v) is 1.29. The van der Waals surface area contributed by atoms with Gasteiger partial charge in [0, 0.05) is 24.9 Å². The topological polar surface area (TPSA) is 113 Å². The van der Waals surface area contributed by atoms with Crippen molar-refractivity contribution in [2.24, 2.45) is 0 Å². The van der Waals surface area contributed by atoms with Crippen LogP contribution in [0.5, 0.6) is 0 Å². The second-order valence-corrected chi connectivity index (χ2v) is 3.30. The number of benzene rings is 1. The third-order valence-electron chi connectivity index (χ3n) is 2.09. The van der Waals surface area contributed by atoms with Crippen molar-refractivity contribution in [3.8, 4) is 0 Å². The van der Waals surface area contributed by atoms with Crippen LogP contribution in [0.1, 0.15) is 16.8 Å². The van der Waals surface area contributed by atoms with Crippen LogP contribution in [-0.4, -0.2) is 34.3 Å². The number of hydrogen-bond acceptors (Lipinski definition) is 5. The molecule has 1 aromatic carbocycles. The molecule has 0 aliphatic heterocycles. The number of rotatable bonds is 6. The van der Waals surface area contributed by atoms with Crippen LogP contribution in [0.3, 0.4) is 0 Å². The molecule has 0 aliphatic rings. The van der Waals surface area contributed by atoms with E-state index in [9.17, 15) is 14.9 Å². The van der Waals surface area contributed by atoms with Crippen LogP contribution in [0.15, 0.2) is 18.2 Å². The predicted molar refractivity (Wildman–Crippen MR) is 60.2 cm³/mol. The molecule has 7 heteroatoms. The number of nitrogens with zero attached hydrogens (tertiary/aromatic N) is 1. The maximum Gasteiger partial charge on any atom is 0.342 e. The molecule has 3 N–H and O–H groups in total. The van der Waals surface area contributed by atoms with Gasteiger partial charge in [-0.2, -0.15) is 0 Å². The van der Waals surface area contributed by atoms with E-state index in [0.717, 1.165) is 6.07 Å². The molecule has 0 unspecified atom stereocenters. The molecule has 0 saturated carbocycles. The zero-order valence-electron chi connectivity index (χ0n) is 8.92. The van der Waals surface area contributed by atoms with E-state index < -0.39 is 16.6 Å². The minimum Gasteiger partial charge on any atom is -0.477 e. The summed E-state index contributed by atoms with van der Waals surface area (Å²) in [4.78, 5) is 20.7. The molecule has 0 fully saturated rings. The first-order chi connectivity index (χ1) is 8.06. The molecule has 17 heavy (non-hydrogen) atoms. The highest BCUT2D eigenvalue weighted by atomic mass is 16.6. The van der Waals surface area contributed by atoms with E-state index in [1.54, 1.807) is 0 Å². The molecular formula is C10H12N2O5. The van der Waals surface area contributed by atoms with Crippen molar-refractivity contribution in [2.45, 2.75) is 6.42 Å². The molecule has 1 aromatic rings. The molecule has 0 aromatic heterocycles. The van der Waals surface area contributed by atoms with Gasteiger partial charge in [0.05, 0.1) is 4.92 Å². The highest BCUT2D eigenvalue weighted by molar-refractivity contribution is 5.93. The van der Waals surface area contributed by atoms with E-state index in [-0.39, 0.29) is 12.2 Å². The van der Waals surface area contributed by atoms with Crippen molar-refractivity contribution < 1.29 is 19.9 Å². The maximum absolute atomic E-state index is 10.8. The van der Waals surface area contributed by atoms with Gasteiger partial charge in [0.25, 0.3) is 5.69 Å². The summed E-state index contributed by atoms with van der Waals surface area (Å²) in [5.41, 5.74) is -0.323. The minimum absolute atomic E-state index is 0.0196. The second kappa shape index (κ2) is 5.80. The number of carbonyl (C=O) groups is 1. The van der Waals surface area contributed by atoms with Crippen molar-refractivity contribution >= 4 is 17.3 Å². The third kappa shape index (κ3) is 3.42. The fraction of sp³-hybridized carbons (Fsp3) is 0.300. The average Bonchev–Trinajstić information content (AvgIpc) is 2.29.